The van der Waals surface area contributed by atoms with Crippen molar-refractivity contribution in [3.63, 3.8) is 0 Å². The van der Waals surface area contributed by atoms with Crippen molar-refractivity contribution in [1.82, 2.24) is 24.8 Å². The van der Waals surface area contributed by atoms with Gasteiger partial charge in [-0.15, -0.1) is 0 Å². The van der Waals surface area contributed by atoms with E-state index in [1.807, 2.05) is 30.3 Å². The molecule has 4 aromatic rings. The Balaban J connectivity index is 1.32. The molecule has 4 heterocycles. The van der Waals surface area contributed by atoms with Crippen molar-refractivity contribution in [2.75, 3.05) is 18.4 Å². The van der Waals surface area contributed by atoms with E-state index in [0.29, 0.717) is 30.4 Å². The molecular weight excluding hydrogens is 332 g/mol. The van der Waals surface area contributed by atoms with Gasteiger partial charge in [0.25, 0.3) is 11.9 Å². The number of aromatic nitrogens is 4. The number of carbonyl (C=O) groups excluding carboxylic acids is 1. The maximum absolute atomic E-state index is 12.9. The Kier molecular flexibility index (Phi) is 3.34. The van der Waals surface area contributed by atoms with Gasteiger partial charge in [0, 0.05) is 25.3 Å². The molecule has 0 spiro atoms. The van der Waals surface area contributed by atoms with Crippen LogP contribution in [-0.4, -0.2) is 49.9 Å². The Morgan fingerprint density at radius 1 is 1.27 bits per heavy atom. The summed E-state index contributed by atoms with van der Waals surface area (Å²) >= 11 is 0. The normalized spacial score (nSPS) is 17.2. The Hall–Kier alpha value is -3.42. The molecule has 0 bridgehead atoms. The molecule has 1 aliphatic rings. The summed E-state index contributed by atoms with van der Waals surface area (Å²) in [7, 11) is 0. The van der Waals surface area contributed by atoms with E-state index in [0.717, 1.165) is 22.9 Å². The maximum Gasteiger partial charge on any atom is 0.295 e. The molecular formula is C18H16N6O2. The standard InChI is InChI=1S/C18H16N6O2/c25-17(15-12-5-7-19-16(12)21-10-20-15)24-8-6-11(9-24)22-18-23-13-3-1-2-4-14(13)26-18/h1-5,7,10-11H,6,8-9H2,(H,22,23)(H,19,20,21). The number of H-pyrrole nitrogens is 1. The second-order valence-corrected chi connectivity index (χ2v) is 6.33. The van der Waals surface area contributed by atoms with E-state index >= 15 is 0 Å². The van der Waals surface area contributed by atoms with Crippen LogP contribution in [0.2, 0.25) is 0 Å². The van der Waals surface area contributed by atoms with Crippen LogP contribution in [0.15, 0.2) is 47.3 Å². The number of hydrogen-bond acceptors (Lipinski definition) is 6. The van der Waals surface area contributed by atoms with Gasteiger partial charge in [-0.25, -0.2) is 9.97 Å². The number of nitrogens with one attached hydrogen (secondary N) is 2. The number of fused-ring (bicyclic) bond motifs is 2. The molecule has 1 aliphatic heterocycles. The minimum atomic E-state index is -0.0844. The average Bonchev–Trinajstić information content (AvgIpc) is 3.39. The Labute approximate surface area is 148 Å². The summed E-state index contributed by atoms with van der Waals surface area (Å²) in [6, 6.07) is 10.0. The van der Waals surface area contributed by atoms with E-state index in [4.69, 9.17) is 4.42 Å². The molecule has 3 aromatic heterocycles. The van der Waals surface area contributed by atoms with Gasteiger partial charge in [0.1, 0.15) is 23.2 Å². The van der Waals surface area contributed by atoms with Crippen molar-refractivity contribution in [2.24, 2.45) is 0 Å². The van der Waals surface area contributed by atoms with Gasteiger partial charge in [-0.2, -0.15) is 4.98 Å². The van der Waals surface area contributed by atoms with Crippen molar-refractivity contribution in [3.8, 4) is 0 Å². The zero-order valence-corrected chi connectivity index (χ0v) is 13.8. The van der Waals surface area contributed by atoms with E-state index in [-0.39, 0.29) is 11.9 Å². The quantitative estimate of drug-likeness (QED) is 0.590. The average molecular weight is 348 g/mol. The van der Waals surface area contributed by atoms with Crippen LogP contribution in [0.3, 0.4) is 0 Å². The van der Waals surface area contributed by atoms with Crippen LogP contribution in [0.4, 0.5) is 6.01 Å². The van der Waals surface area contributed by atoms with Crippen LogP contribution in [0.1, 0.15) is 16.9 Å². The third-order valence-electron chi connectivity index (χ3n) is 4.65. The van der Waals surface area contributed by atoms with Gasteiger partial charge in [0.05, 0.1) is 5.39 Å². The molecule has 1 atom stereocenters. The molecule has 8 heteroatoms. The second-order valence-electron chi connectivity index (χ2n) is 6.33. The summed E-state index contributed by atoms with van der Waals surface area (Å²) in [5.41, 5.74) is 2.66. The highest BCUT2D eigenvalue weighted by molar-refractivity contribution is 6.03. The fourth-order valence-corrected chi connectivity index (χ4v) is 3.36. The summed E-state index contributed by atoms with van der Waals surface area (Å²) < 4.78 is 5.71. The Morgan fingerprint density at radius 2 is 2.19 bits per heavy atom. The first-order valence-corrected chi connectivity index (χ1v) is 8.47. The molecule has 0 radical (unpaired) electrons. The highest BCUT2D eigenvalue weighted by Crippen LogP contribution is 2.22. The van der Waals surface area contributed by atoms with Crippen LogP contribution in [0.25, 0.3) is 22.1 Å². The van der Waals surface area contributed by atoms with Crippen LogP contribution in [-0.2, 0) is 0 Å². The highest BCUT2D eigenvalue weighted by Gasteiger charge is 2.29. The van der Waals surface area contributed by atoms with Crippen molar-refractivity contribution < 1.29 is 9.21 Å². The van der Waals surface area contributed by atoms with E-state index in [1.165, 1.54) is 6.33 Å². The summed E-state index contributed by atoms with van der Waals surface area (Å²) in [5.74, 6) is -0.0844. The number of hydrogen-bond donors (Lipinski definition) is 2. The van der Waals surface area contributed by atoms with Gasteiger partial charge in [-0.05, 0) is 24.6 Å². The van der Waals surface area contributed by atoms with Crippen LogP contribution in [0.5, 0.6) is 0 Å². The first-order chi connectivity index (χ1) is 12.8. The van der Waals surface area contributed by atoms with Crippen LogP contribution < -0.4 is 5.32 Å². The molecule has 1 aromatic carbocycles. The Morgan fingerprint density at radius 3 is 3.12 bits per heavy atom. The van der Waals surface area contributed by atoms with Gasteiger partial charge < -0.3 is 19.6 Å². The molecule has 130 valence electrons. The van der Waals surface area contributed by atoms with E-state index in [1.54, 1.807) is 11.1 Å². The SMILES string of the molecule is O=C(c1ncnc2[nH]ccc12)N1CCC(Nc2nc3ccccc3o2)C1. The van der Waals surface area contributed by atoms with Gasteiger partial charge in [0.2, 0.25) is 0 Å². The van der Waals surface area contributed by atoms with E-state index < -0.39 is 0 Å². The van der Waals surface area contributed by atoms with Crippen molar-refractivity contribution in [2.45, 2.75) is 12.5 Å². The topological polar surface area (TPSA) is 99.9 Å². The van der Waals surface area contributed by atoms with Crippen molar-refractivity contribution >= 4 is 34.1 Å². The molecule has 26 heavy (non-hydrogen) atoms. The number of oxazole rings is 1. The monoisotopic (exact) mass is 348 g/mol. The lowest BCUT2D eigenvalue weighted by Gasteiger charge is -2.16. The van der Waals surface area contributed by atoms with Crippen molar-refractivity contribution in [1.29, 1.82) is 0 Å². The summed E-state index contributed by atoms with van der Waals surface area (Å²) in [6.07, 6.45) is 4.00. The number of anilines is 1. The third-order valence-corrected chi connectivity index (χ3v) is 4.65. The summed E-state index contributed by atoms with van der Waals surface area (Å²) in [5, 5.41) is 4.03. The lowest BCUT2D eigenvalue weighted by Crippen LogP contribution is -2.32. The highest BCUT2D eigenvalue weighted by atomic mass is 16.4. The Bertz CT molecular complexity index is 1070. The predicted molar refractivity (Wildman–Crippen MR) is 95.8 cm³/mol. The number of carbonyl (C=O) groups is 1. The fourth-order valence-electron chi connectivity index (χ4n) is 3.36. The van der Waals surface area contributed by atoms with E-state index in [9.17, 15) is 4.79 Å². The fraction of sp³-hybridized carbons (Fsp3) is 0.222. The minimum absolute atomic E-state index is 0.0844. The predicted octanol–water partition coefficient (Wildman–Crippen LogP) is 2.43. The number of aromatic amines is 1. The molecule has 0 aliphatic carbocycles. The molecule has 2 N–H and O–H groups in total. The molecule has 1 amide bonds. The number of para-hydroxylation sites is 2. The largest absolute Gasteiger partial charge is 0.424 e. The molecule has 0 saturated carbocycles. The molecule has 5 rings (SSSR count). The third kappa shape index (κ3) is 2.46. The van der Waals surface area contributed by atoms with Crippen molar-refractivity contribution in [3.05, 3.63) is 48.5 Å². The second kappa shape index (κ2) is 5.83. The van der Waals surface area contributed by atoms with E-state index in [2.05, 4.69) is 25.3 Å². The number of likely N-dealkylation sites (tertiary alicyclic amines) is 1. The lowest BCUT2D eigenvalue weighted by atomic mass is 10.2. The number of amides is 1. The maximum atomic E-state index is 12.9. The molecule has 8 nitrogen and oxygen atoms in total. The lowest BCUT2D eigenvalue weighted by molar-refractivity contribution is 0.0787. The number of benzene rings is 1. The first-order valence-electron chi connectivity index (χ1n) is 8.47. The van der Waals surface area contributed by atoms with Crippen LogP contribution in [0, 0.1) is 0 Å². The minimum Gasteiger partial charge on any atom is -0.424 e. The summed E-state index contributed by atoms with van der Waals surface area (Å²) in [4.78, 5) is 30.4. The number of rotatable bonds is 3. The molecule has 1 unspecified atom stereocenters. The molecule has 1 saturated heterocycles. The number of nitrogens with zero attached hydrogens (tertiary/aromatic N) is 4. The van der Waals surface area contributed by atoms with Gasteiger partial charge in [-0.3, -0.25) is 4.79 Å². The van der Waals surface area contributed by atoms with Gasteiger partial charge in [0.15, 0.2) is 5.58 Å². The van der Waals surface area contributed by atoms with Gasteiger partial charge in [-0.1, -0.05) is 12.1 Å². The summed E-state index contributed by atoms with van der Waals surface area (Å²) in [6.45, 7) is 1.24. The zero-order valence-electron chi connectivity index (χ0n) is 13.8. The molecule has 1 fully saturated rings. The van der Waals surface area contributed by atoms with Crippen LogP contribution >= 0.6 is 0 Å². The first kappa shape index (κ1) is 14.9. The zero-order chi connectivity index (χ0) is 17.5. The van der Waals surface area contributed by atoms with Gasteiger partial charge >= 0.3 is 0 Å². The smallest absolute Gasteiger partial charge is 0.295 e.